The van der Waals surface area contributed by atoms with E-state index in [1.54, 1.807) is 4.81 Å². The van der Waals surface area contributed by atoms with E-state index in [1.807, 2.05) is 19.0 Å². The fourth-order valence-electron chi connectivity index (χ4n) is 3.68. The Morgan fingerprint density at radius 1 is 1.26 bits per heavy atom. The molecule has 3 amide bonds. The summed E-state index contributed by atoms with van der Waals surface area (Å²) in [6, 6.07) is -0.376. The Kier molecular flexibility index (Phi) is 2.49. The molecule has 0 saturated carbocycles. The van der Waals surface area contributed by atoms with Crippen LogP contribution in [-0.4, -0.2) is 54.7 Å². The number of hydrogen-bond donors (Lipinski definition) is 0. The average molecular weight is 262 g/mol. The molecule has 1 aliphatic carbocycles. The molecule has 2 fully saturated rings. The number of amides is 3. The third-order valence-electron chi connectivity index (χ3n) is 4.63. The van der Waals surface area contributed by atoms with E-state index in [0.717, 1.165) is 0 Å². The number of carbonyl (C=O) groups excluding carboxylic acids is 3. The van der Waals surface area contributed by atoms with Crippen molar-refractivity contribution >= 4 is 24.8 Å². The number of rotatable bonds is 0. The Bertz CT molecular complexity index is 506. The van der Waals surface area contributed by atoms with Crippen molar-refractivity contribution in [3.63, 3.8) is 0 Å². The molecule has 0 aromatic rings. The Labute approximate surface area is 111 Å². The maximum Gasteiger partial charge on any atom is 0.397 e. The first-order valence-electron chi connectivity index (χ1n) is 6.35. The van der Waals surface area contributed by atoms with E-state index in [1.165, 1.54) is 19.1 Å². The summed E-state index contributed by atoms with van der Waals surface area (Å²) in [4.78, 5) is 39.0. The molecule has 19 heavy (non-hydrogen) atoms. The summed E-state index contributed by atoms with van der Waals surface area (Å²) in [5.41, 5.74) is 0. The Morgan fingerprint density at radius 2 is 1.89 bits per heavy atom. The van der Waals surface area contributed by atoms with Gasteiger partial charge in [-0.2, -0.15) is 0 Å². The van der Waals surface area contributed by atoms with Crippen LogP contribution < -0.4 is 0 Å². The van der Waals surface area contributed by atoms with E-state index in [9.17, 15) is 14.4 Å². The highest BCUT2D eigenvalue weighted by Crippen LogP contribution is 2.49. The predicted octanol–water partition coefficient (Wildman–Crippen LogP) is 0.229. The van der Waals surface area contributed by atoms with Crippen molar-refractivity contribution in [2.75, 3.05) is 14.2 Å². The Morgan fingerprint density at radius 3 is 2.53 bits per heavy atom. The lowest BCUT2D eigenvalue weighted by molar-refractivity contribution is -0.138. The number of carbonyl (C=O) groups is 3. The molecule has 100 valence electrons. The molecule has 0 spiro atoms. The standard InChI is InChI=1S/C12H15BN2O4/c1-13-6-4-5-7(15(13)12(18)19-3)9-8(6)10(16)14(2)11(9)17/h4-9H,1-3H3. The topological polar surface area (TPSA) is 66.9 Å². The van der Waals surface area contributed by atoms with Gasteiger partial charge in [0.2, 0.25) is 11.8 Å². The van der Waals surface area contributed by atoms with E-state index >= 15 is 0 Å². The Balaban J connectivity index is 2.05. The molecule has 0 aromatic heterocycles. The zero-order valence-corrected chi connectivity index (χ0v) is 11.1. The van der Waals surface area contributed by atoms with E-state index in [0.29, 0.717) is 0 Å². The van der Waals surface area contributed by atoms with Gasteiger partial charge in [0.05, 0.1) is 25.0 Å². The summed E-state index contributed by atoms with van der Waals surface area (Å²) in [7, 11) is 2.84. The molecule has 0 radical (unpaired) electrons. The van der Waals surface area contributed by atoms with Crippen molar-refractivity contribution in [1.82, 2.24) is 9.71 Å². The number of nitrogens with zero attached hydrogens (tertiary/aromatic N) is 2. The van der Waals surface area contributed by atoms with Crippen LogP contribution in [0, 0.1) is 11.8 Å². The highest BCUT2D eigenvalue weighted by Gasteiger charge is 2.62. The number of fused-ring (bicyclic) bond motifs is 1. The number of allylic oxidation sites excluding steroid dienone is 1. The molecular weight excluding hydrogens is 247 g/mol. The maximum absolute atomic E-state index is 12.2. The summed E-state index contributed by atoms with van der Waals surface area (Å²) in [6.07, 6.45) is 3.37. The van der Waals surface area contributed by atoms with Crippen LogP contribution in [-0.2, 0) is 14.3 Å². The van der Waals surface area contributed by atoms with Gasteiger partial charge in [-0.3, -0.25) is 14.5 Å². The molecule has 2 saturated heterocycles. The molecule has 4 unspecified atom stereocenters. The third-order valence-corrected chi connectivity index (χ3v) is 4.63. The molecule has 4 rings (SSSR count). The highest BCUT2D eigenvalue weighted by molar-refractivity contribution is 6.60. The summed E-state index contributed by atoms with van der Waals surface area (Å²) < 4.78 is 4.79. The van der Waals surface area contributed by atoms with Crippen molar-refractivity contribution < 1.29 is 19.1 Å². The van der Waals surface area contributed by atoms with Crippen molar-refractivity contribution in [2.24, 2.45) is 11.8 Å². The minimum Gasteiger partial charge on any atom is -0.454 e. The largest absolute Gasteiger partial charge is 0.454 e. The molecule has 0 N–H and O–H groups in total. The van der Waals surface area contributed by atoms with E-state index in [4.69, 9.17) is 4.74 Å². The third kappa shape index (κ3) is 1.35. The van der Waals surface area contributed by atoms with Gasteiger partial charge in [-0.05, 0) is 5.82 Å². The summed E-state index contributed by atoms with van der Waals surface area (Å²) in [5, 5.41) is 0. The second-order valence-electron chi connectivity index (χ2n) is 5.36. The van der Waals surface area contributed by atoms with Crippen molar-refractivity contribution in [3.05, 3.63) is 12.2 Å². The fourth-order valence-corrected chi connectivity index (χ4v) is 3.68. The molecule has 0 aromatic carbocycles. The normalized spacial score (nSPS) is 36.1. The lowest BCUT2D eigenvalue weighted by Crippen LogP contribution is -2.62. The van der Waals surface area contributed by atoms with Gasteiger partial charge in [-0.25, -0.2) is 4.79 Å². The molecule has 4 atom stereocenters. The molecule has 7 heteroatoms. The van der Waals surface area contributed by atoms with Crippen LogP contribution >= 0.6 is 0 Å². The van der Waals surface area contributed by atoms with Gasteiger partial charge >= 0.3 is 6.09 Å². The number of ether oxygens (including phenoxy) is 1. The Hall–Kier alpha value is -1.79. The van der Waals surface area contributed by atoms with Crippen molar-refractivity contribution in [1.29, 1.82) is 0 Å². The van der Waals surface area contributed by atoms with Crippen LogP contribution in [0.15, 0.2) is 12.2 Å². The van der Waals surface area contributed by atoms with Crippen LogP contribution in [0.1, 0.15) is 0 Å². The molecule has 4 aliphatic rings. The van der Waals surface area contributed by atoms with Crippen molar-refractivity contribution in [2.45, 2.75) is 18.7 Å². The van der Waals surface area contributed by atoms with Crippen LogP contribution in [0.3, 0.4) is 0 Å². The smallest absolute Gasteiger partial charge is 0.397 e. The quantitative estimate of drug-likeness (QED) is 0.356. The monoisotopic (exact) mass is 262 g/mol. The minimum atomic E-state index is -0.456. The number of imide groups is 1. The van der Waals surface area contributed by atoms with Crippen LogP contribution in [0.4, 0.5) is 4.79 Å². The second kappa shape index (κ2) is 3.85. The summed E-state index contributed by atoms with van der Waals surface area (Å²) in [5.74, 6) is -1.23. The van der Waals surface area contributed by atoms with Crippen LogP contribution in [0.2, 0.25) is 12.6 Å². The van der Waals surface area contributed by atoms with E-state index < -0.39 is 12.0 Å². The zero-order valence-electron chi connectivity index (χ0n) is 11.1. The number of likely N-dealkylation sites (tertiary alicyclic amines) is 1. The van der Waals surface area contributed by atoms with Crippen LogP contribution in [0.25, 0.3) is 0 Å². The summed E-state index contributed by atoms with van der Waals surface area (Å²) >= 11 is 0. The lowest BCUT2D eigenvalue weighted by atomic mass is 9.41. The van der Waals surface area contributed by atoms with Gasteiger partial charge in [-0.1, -0.05) is 19.0 Å². The van der Waals surface area contributed by atoms with Gasteiger partial charge < -0.3 is 9.55 Å². The fraction of sp³-hybridized carbons (Fsp3) is 0.583. The SMILES string of the molecule is COC(=O)N1B(C)C2C=CC1C1C(=O)N(C)C(=O)C21. The van der Waals surface area contributed by atoms with E-state index in [-0.39, 0.29) is 36.4 Å². The maximum atomic E-state index is 12.2. The molecule has 3 heterocycles. The molecule has 2 bridgehead atoms. The first-order valence-corrected chi connectivity index (χ1v) is 6.35. The minimum absolute atomic E-state index is 0.115. The van der Waals surface area contributed by atoms with Gasteiger partial charge in [0.15, 0.2) is 0 Å². The first kappa shape index (κ1) is 12.3. The van der Waals surface area contributed by atoms with Crippen molar-refractivity contribution in [3.8, 4) is 0 Å². The van der Waals surface area contributed by atoms with Gasteiger partial charge in [0.25, 0.3) is 6.85 Å². The van der Waals surface area contributed by atoms with Gasteiger partial charge in [-0.15, -0.1) is 0 Å². The summed E-state index contributed by atoms with van der Waals surface area (Å²) in [6.45, 7) is 1.76. The molecule has 6 nitrogen and oxygen atoms in total. The van der Waals surface area contributed by atoms with Crippen LogP contribution in [0.5, 0.6) is 0 Å². The predicted molar refractivity (Wildman–Crippen MR) is 67.3 cm³/mol. The number of hydrogen-bond acceptors (Lipinski definition) is 4. The second-order valence-corrected chi connectivity index (χ2v) is 5.36. The van der Waals surface area contributed by atoms with Gasteiger partial charge in [0.1, 0.15) is 0 Å². The molecular formula is C12H15BN2O4. The lowest BCUT2D eigenvalue weighted by Gasteiger charge is -2.48. The first-order chi connectivity index (χ1) is 8.99. The van der Waals surface area contributed by atoms with Gasteiger partial charge in [0, 0.05) is 7.05 Å². The van der Waals surface area contributed by atoms with E-state index in [2.05, 4.69) is 0 Å². The number of methoxy groups -OCH3 is 1. The highest BCUT2D eigenvalue weighted by atomic mass is 16.5. The molecule has 3 aliphatic heterocycles. The zero-order chi connectivity index (χ0) is 13.9. The average Bonchev–Trinajstić information content (AvgIpc) is 2.65.